The summed E-state index contributed by atoms with van der Waals surface area (Å²) >= 11 is 0. The molecule has 278 valence electrons. The third-order valence-electron chi connectivity index (χ3n) is 11.2. The molecule has 0 aliphatic heterocycles. The largest absolute Gasteiger partial charge is 0.493 e. The number of carbonyl (C=O) groups is 2. The molecule has 0 spiro atoms. The van der Waals surface area contributed by atoms with Crippen molar-refractivity contribution in [2.45, 2.75) is 18.3 Å². The van der Waals surface area contributed by atoms with E-state index in [1.807, 2.05) is 36.4 Å². The van der Waals surface area contributed by atoms with Crippen LogP contribution >= 0.6 is 0 Å². The van der Waals surface area contributed by atoms with Crippen molar-refractivity contribution < 1.29 is 29.3 Å². The van der Waals surface area contributed by atoms with Gasteiger partial charge in [-0.05, 0) is 127 Å². The smallest absolute Gasteiger partial charge is 0.335 e. The van der Waals surface area contributed by atoms with Gasteiger partial charge in [-0.3, -0.25) is 0 Å². The highest BCUT2D eigenvalue weighted by Gasteiger charge is 2.46. The number of rotatable bonds is 12. The Morgan fingerprint density at radius 1 is 0.439 bits per heavy atom. The predicted molar refractivity (Wildman–Crippen MR) is 224 cm³/mol. The van der Waals surface area contributed by atoms with Crippen molar-refractivity contribution in [3.8, 4) is 22.6 Å². The molecular weight excluding hydrogens is 709 g/mol. The van der Waals surface area contributed by atoms with Gasteiger partial charge in [-0.1, -0.05) is 109 Å². The molecule has 0 bridgehead atoms. The summed E-state index contributed by atoms with van der Waals surface area (Å²) in [6, 6.07) is 57.3. The van der Waals surface area contributed by atoms with Gasteiger partial charge in [0.1, 0.15) is 11.5 Å². The lowest BCUT2D eigenvalue weighted by Gasteiger charge is -2.34. The summed E-state index contributed by atoms with van der Waals surface area (Å²) in [5, 5.41) is 22.8. The second-order valence-corrected chi connectivity index (χ2v) is 14.5. The Labute approximate surface area is 330 Å². The SMILES string of the molecule is O=C(O)c1ccc(CCOc2ccc3cc(C4(c5ccc6cc(OCCc7ccc(C(=O)O)cc7)ccc6c5)c5ccccc5-c5ccccc54)ccc3c2)cc1. The monoisotopic (exact) mass is 746 g/mol. The Bertz CT molecular complexity index is 2610. The van der Waals surface area contributed by atoms with Gasteiger partial charge in [0.2, 0.25) is 0 Å². The highest BCUT2D eigenvalue weighted by atomic mass is 16.5. The number of ether oxygens (including phenoxy) is 2. The van der Waals surface area contributed by atoms with Crippen LogP contribution in [0, 0.1) is 0 Å². The van der Waals surface area contributed by atoms with Crippen LogP contribution in [0.4, 0.5) is 0 Å². The quantitative estimate of drug-likeness (QED) is 0.129. The molecule has 0 aromatic heterocycles. The van der Waals surface area contributed by atoms with Gasteiger partial charge in [0.05, 0.1) is 29.8 Å². The van der Waals surface area contributed by atoms with Gasteiger partial charge in [0, 0.05) is 12.8 Å². The molecule has 0 fully saturated rings. The molecule has 1 aliphatic carbocycles. The normalized spacial score (nSPS) is 12.6. The van der Waals surface area contributed by atoms with E-state index in [4.69, 9.17) is 9.47 Å². The van der Waals surface area contributed by atoms with Crippen LogP contribution in [0.5, 0.6) is 11.5 Å². The number of fused-ring (bicyclic) bond motifs is 5. The van der Waals surface area contributed by atoms with E-state index in [9.17, 15) is 19.8 Å². The van der Waals surface area contributed by atoms with Gasteiger partial charge in [0.15, 0.2) is 0 Å². The molecule has 0 saturated heterocycles. The van der Waals surface area contributed by atoms with E-state index in [1.54, 1.807) is 24.3 Å². The number of hydrogen-bond donors (Lipinski definition) is 2. The molecule has 0 atom stereocenters. The number of carboxylic acids is 2. The summed E-state index contributed by atoms with van der Waals surface area (Å²) in [6.45, 7) is 0.958. The first kappa shape index (κ1) is 35.5. The number of benzene rings is 8. The van der Waals surface area contributed by atoms with E-state index in [-0.39, 0.29) is 11.1 Å². The molecule has 0 radical (unpaired) electrons. The maximum absolute atomic E-state index is 11.2. The van der Waals surface area contributed by atoms with Gasteiger partial charge in [-0.15, -0.1) is 0 Å². The second-order valence-electron chi connectivity index (χ2n) is 14.5. The molecule has 1 aliphatic rings. The van der Waals surface area contributed by atoms with Crippen molar-refractivity contribution in [2.24, 2.45) is 0 Å². The Morgan fingerprint density at radius 3 is 1.25 bits per heavy atom. The standard InChI is InChI=1S/C51H38O6/c52-49(53)35-13-9-33(10-14-35)25-27-56-43-23-19-37-29-41(21-17-39(37)31-43)51(47-7-3-1-5-45(47)46-6-2-4-8-48(46)51)42-22-18-40-32-44(24-20-38(40)30-42)57-28-26-34-11-15-36(16-12-34)50(54)55/h1-24,29-32H,25-28H2,(H,52,53)(H,54,55). The van der Waals surface area contributed by atoms with E-state index in [2.05, 4.69) is 109 Å². The summed E-state index contributed by atoms with van der Waals surface area (Å²) in [6.07, 6.45) is 1.34. The molecule has 0 amide bonds. The summed E-state index contributed by atoms with van der Waals surface area (Å²) in [5.41, 5.74) is 9.36. The highest BCUT2D eigenvalue weighted by molar-refractivity contribution is 5.92. The summed E-state index contributed by atoms with van der Waals surface area (Å²) in [7, 11) is 0. The lowest BCUT2D eigenvalue weighted by Crippen LogP contribution is -2.28. The fraction of sp³-hybridized carbons (Fsp3) is 0.0980. The molecular formula is C51H38O6. The van der Waals surface area contributed by atoms with E-state index in [0.29, 0.717) is 26.1 Å². The molecule has 2 N–H and O–H groups in total. The maximum atomic E-state index is 11.2. The van der Waals surface area contributed by atoms with Crippen molar-refractivity contribution in [3.63, 3.8) is 0 Å². The van der Waals surface area contributed by atoms with Crippen molar-refractivity contribution >= 4 is 33.5 Å². The molecule has 0 unspecified atom stereocenters. The number of aromatic carboxylic acids is 2. The van der Waals surface area contributed by atoms with Crippen LogP contribution in [0.15, 0.2) is 170 Å². The molecule has 8 aromatic carbocycles. The van der Waals surface area contributed by atoms with Crippen LogP contribution in [0.2, 0.25) is 0 Å². The van der Waals surface area contributed by atoms with Gasteiger partial charge in [0.25, 0.3) is 0 Å². The molecule has 6 nitrogen and oxygen atoms in total. The first-order valence-corrected chi connectivity index (χ1v) is 19.0. The first-order chi connectivity index (χ1) is 27.9. The van der Waals surface area contributed by atoms with E-state index < -0.39 is 17.4 Å². The minimum atomic E-state index is -0.930. The summed E-state index contributed by atoms with van der Waals surface area (Å²) < 4.78 is 12.3. The van der Waals surface area contributed by atoms with Crippen LogP contribution in [0.1, 0.15) is 54.1 Å². The van der Waals surface area contributed by atoms with Gasteiger partial charge < -0.3 is 19.7 Å². The van der Waals surface area contributed by atoms with Gasteiger partial charge in [-0.2, -0.15) is 0 Å². The fourth-order valence-corrected chi connectivity index (χ4v) is 8.32. The van der Waals surface area contributed by atoms with Crippen LogP contribution < -0.4 is 9.47 Å². The van der Waals surface area contributed by atoms with Gasteiger partial charge >= 0.3 is 11.9 Å². The fourth-order valence-electron chi connectivity index (χ4n) is 8.32. The van der Waals surface area contributed by atoms with E-state index in [0.717, 1.165) is 44.2 Å². The lowest BCUT2D eigenvalue weighted by molar-refractivity contribution is 0.0686. The molecule has 0 saturated carbocycles. The zero-order chi connectivity index (χ0) is 38.9. The summed E-state index contributed by atoms with van der Waals surface area (Å²) in [5.74, 6) is -0.285. The van der Waals surface area contributed by atoms with Crippen LogP contribution in [0.25, 0.3) is 32.7 Å². The molecule has 9 rings (SSSR count). The molecule has 6 heteroatoms. The van der Waals surface area contributed by atoms with Crippen molar-refractivity contribution in [1.82, 2.24) is 0 Å². The second kappa shape index (κ2) is 14.8. The van der Waals surface area contributed by atoms with E-state index >= 15 is 0 Å². The summed E-state index contributed by atoms with van der Waals surface area (Å²) in [4.78, 5) is 22.4. The Morgan fingerprint density at radius 2 is 0.825 bits per heavy atom. The highest BCUT2D eigenvalue weighted by Crippen LogP contribution is 2.56. The van der Waals surface area contributed by atoms with Gasteiger partial charge in [-0.25, -0.2) is 9.59 Å². The van der Waals surface area contributed by atoms with Crippen LogP contribution in [0.3, 0.4) is 0 Å². The third-order valence-corrected chi connectivity index (χ3v) is 11.2. The average Bonchev–Trinajstić information content (AvgIpc) is 3.55. The lowest BCUT2D eigenvalue weighted by atomic mass is 9.67. The van der Waals surface area contributed by atoms with Crippen LogP contribution in [-0.2, 0) is 18.3 Å². The molecule has 8 aromatic rings. The van der Waals surface area contributed by atoms with Crippen molar-refractivity contribution in [2.75, 3.05) is 13.2 Å². The van der Waals surface area contributed by atoms with Crippen molar-refractivity contribution in [3.05, 3.63) is 214 Å². The average molecular weight is 747 g/mol. The van der Waals surface area contributed by atoms with Crippen molar-refractivity contribution in [1.29, 1.82) is 0 Å². The number of hydrogen-bond acceptors (Lipinski definition) is 4. The van der Waals surface area contributed by atoms with Crippen LogP contribution in [-0.4, -0.2) is 35.4 Å². The zero-order valence-corrected chi connectivity index (χ0v) is 31.0. The zero-order valence-electron chi connectivity index (χ0n) is 31.0. The maximum Gasteiger partial charge on any atom is 0.335 e. The first-order valence-electron chi connectivity index (χ1n) is 19.0. The molecule has 57 heavy (non-hydrogen) atoms. The Balaban J connectivity index is 1.02. The minimum Gasteiger partial charge on any atom is -0.493 e. The van der Waals surface area contributed by atoms with E-state index in [1.165, 1.54) is 33.4 Å². The minimum absolute atomic E-state index is 0.276. The number of carboxylic acid groups (broad SMARTS) is 2. The predicted octanol–water partition coefficient (Wildman–Crippen LogP) is 11.0. The third kappa shape index (κ3) is 6.65. The Hall–Kier alpha value is -7.18. The molecule has 0 heterocycles. The Kier molecular flexibility index (Phi) is 9.23. The topological polar surface area (TPSA) is 93.1 Å².